The van der Waals surface area contributed by atoms with Crippen LogP contribution in [-0.2, 0) is 16.0 Å². The van der Waals surface area contributed by atoms with Crippen LogP contribution in [0.25, 0.3) is 0 Å². The Morgan fingerprint density at radius 1 is 1.00 bits per heavy atom. The van der Waals surface area contributed by atoms with E-state index in [2.05, 4.69) is 5.32 Å². The zero-order valence-corrected chi connectivity index (χ0v) is 13.8. The Balaban J connectivity index is 1.70. The Bertz CT molecular complexity index is 626. The molecule has 0 radical (unpaired) electrons. The minimum Gasteiger partial charge on any atom is -0.457 e. The van der Waals surface area contributed by atoms with Gasteiger partial charge in [-0.15, -0.1) is 0 Å². The lowest BCUT2D eigenvalue weighted by Crippen LogP contribution is -2.27. The van der Waals surface area contributed by atoms with Crippen molar-refractivity contribution >= 4 is 5.91 Å². The SMILES string of the molecule is COCC(=O)NCCCCc1ccc(Oc2ccc(F)cc2)cc1. The molecule has 0 aliphatic heterocycles. The lowest BCUT2D eigenvalue weighted by molar-refractivity contribution is -0.124. The minimum absolute atomic E-state index is 0.0835. The van der Waals surface area contributed by atoms with E-state index in [9.17, 15) is 9.18 Å². The lowest BCUT2D eigenvalue weighted by Gasteiger charge is -2.07. The highest BCUT2D eigenvalue weighted by atomic mass is 19.1. The molecule has 0 saturated heterocycles. The molecule has 2 aromatic rings. The maximum absolute atomic E-state index is 12.8. The Morgan fingerprint density at radius 3 is 2.25 bits per heavy atom. The van der Waals surface area contributed by atoms with Crippen LogP contribution in [0.2, 0.25) is 0 Å². The molecule has 0 spiro atoms. The molecule has 24 heavy (non-hydrogen) atoms. The van der Waals surface area contributed by atoms with Gasteiger partial charge < -0.3 is 14.8 Å². The summed E-state index contributed by atoms with van der Waals surface area (Å²) in [5.41, 5.74) is 1.21. The van der Waals surface area contributed by atoms with Gasteiger partial charge in [0.05, 0.1) is 0 Å². The first-order valence-corrected chi connectivity index (χ1v) is 7.95. The Hall–Kier alpha value is -2.40. The van der Waals surface area contributed by atoms with Crippen LogP contribution in [0.3, 0.4) is 0 Å². The summed E-state index contributed by atoms with van der Waals surface area (Å²) in [4.78, 5) is 11.2. The molecule has 0 aromatic heterocycles. The van der Waals surface area contributed by atoms with E-state index >= 15 is 0 Å². The van der Waals surface area contributed by atoms with Crippen LogP contribution in [0, 0.1) is 5.82 Å². The summed E-state index contributed by atoms with van der Waals surface area (Å²) in [7, 11) is 1.50. The minimum atomic E-state index is -0.281. The molecule has 1 amide bonds. The Morgan fingerprint density at radius 2 is 1.62 bits per heavy atom. The summed E-state index contributed by atoms with van der Waals surface area (Å²) >= 11 is 0. The maximum Gasteiger partial charge on any atom is 0.245 e. The van der Waals surface area contributed by atoms with Crippen molar-refractivity contribution in [1.82, 2.24) is 5.32 Å². The average molecular weight is 331 g/mol. The van der Waals surface area contributed by atoms with E-state index in [1.165, 1.54) is 24.8 Å². The van der Waals surface area contributed by atoms with Crippen LogP contribution in [0.5, 0.6) is 11.5 Å². The van der Waals surface area contributed by atoms with Gasteiger partial charge in [0.25, 0.3) is 0 Å². The molecule has 2 aromatic carbocycles. The molecule has 0 aliphatic carbocycles. The van der Waals surface area contributed by atoms with Gasteiger partial charge >= 0.3 is 0 Å². The summed E-state index contributed by atoms with van der Waals surface area (Å²) in [6.07, 6.45) is 2.85. The molecule has 0 atom stereocenters. The fourth-order valence-electron chi connectivity index (χ4n) is 2.23. The summed E-state index contributed by atoms with van der Waals surface area (Å²) < 4.78 is 23.3. The van der Waals surface area contributed by atoms with Crippen LogP contribution < -0.4 is 10.1 Å². The number of carbonyl (C=O) groups excluding carboxylic acids is 1. The molecule has 4 nitrogen and oxygen atoms in total. The van der Waals surface area contributed by atoms with Gasteiger partial charge in [-0.1, -0.05) is 12.1 Å². The number of rotatable bonds is 9. The van der Waals surface area contributed by atoms with E-state index < -0.39 is 0 Å². The monoisotopic (exact) mass is 331 g/mol. The van der Waals surface area contributed by atoms with Crippen molar-refractivity contribution in [3.63, 3.8) is 0 Å². The Labute approximate surface area is 141 Å². The molecule has 0 bridgehead atoms. The van der Waals surface area contributed by atoms with E-state index in [1.54, 1.807) is 12.1 Å². The zero-order valence-electron chi connectivity index (χ0n) is 13.8. The van der Waals surface area contributed by atoms with Gasteiger partial charge in [0.1, 0.15) is 23.9 Å². The molecular formula is C19H22FNO3. The number of amides is 1. The predicted molar refractivity (Wildman–Crippen MR) is 90.7 cm³/mol. The van der Waals surface area contributed by atoms with E-state index in [0.29, 0.717) is 12.3 Å². The van der Waals surface area contributed by atoms with Crippen molar-refractivity contribution < 1.29 is 18.7 Å². The average Bonchev–Trinajstić information content (AvgIpc) is 2.58. The number of hydrogen-bond donors (Lipinski definition) is 1. The number of methoxy groups -OCH3 is 1. The van der Waals surface area contributed by atoms with Crippen molar-refractivity contribution in [2.24, 2.45) is 0 Å². The van der Waals surface area contributed by atoms with E-state index in [0.717, 1.165) is 25.0 Å². The van der Waals surface area contributed by atoms with Crippen molar-refractivity contribution in [1.29, 1.82) is 0 Å². The molecule has 0 heterocycles. The highest BCUT2D eigenvalue weighted by Gasteiger charge is 2.01. The summed E-state index contributed by atoms with van der Waals surface area (Å²) in [5.74, 6) is 0.962. The smallest absolute Gasteiger partial charge is 0.245 e. The van der Waals surface area contributed by atoms with Gasteiger partial charge in [0, 0.05) is 13.7 Å². The molecule has 5 heteroatoms. The topological polar surface area (TPSA) is 47.6 Å². The number of hydrogen-bond acceptors (Lipinski definition) is 3. The standard InChI is InChI=1S/C19H22FNO3/c1-23-14-19(22)21-13-3-2-4-15-5-9-17(10-6-15)24-18-11-7-16(20)8-12-18/h5-12H,2-4,13-14H2,1H3,(H,21,22). The lowest BCUT2D eigenvalue weighted by atomic mass is 10.1. The number of carbonyl (C=O) groups is 1. The van der Waals surface area contributed by atoms with Crippen LogP contribution in [-0.4, -0.2) is 26.2 Å². The molecule has 0 unspecified atom stereocenters. The number of nitrogens with one attached hydrogen (secondary N) is 1. The zero-order chi connectivity index (χ0) is 17.2. The number of halogens is 1. The van der Waals surface area contributed by atoms with E-state index in [4.69, 9.17) is 9.47 Å². The first kappa shape index (κ1) is 17.9. The van der Waals surface area contributed by atoms with Crippen LogP contribution in [0.1, 0.15) is 18.4 Å². The Kier molecular flexibility index (Phi) is 7.23. The number of benzene rings is 2. The molecule has 1 N–H and O–H groups in total. The second kappa shape index (κ2) is 9.67. The molecular weight excluding hydrogens is 309 g/mol. The van der Waals surface area contributed by atoms with Gasteiger partial charge in [-0.25, -0.2) is 4.39 Å². The maximum atomic E-state index is 12.8. The van der Waals surface area contributed by atoms with Gasteiger partial charge in [0.2, 0.25) is 5.91 Å². The number of unbranched alkanes of at least 4 members (excludes halogenated alkanes) is 1. The normalized spacial score (nSPS) is 10.4. The molecule has 128 valence electrons. The first-order chi connectivity index (χ1) is 11.7. The fraction of sp³-hybridized carbons (Fsp3) is 0.316. The van der Waals surface area contributed by atoms with Crippen molar-refractivity contribution in [3.05, 3.63) is 59.9 Å². The summed E-state index contributed by atoms with van der Waals surface area (Å²) in [6, 6.07) is 13.8. The molecule has 2 rings (SSSR count). The highest BCUT2D eigenvalue weighted by Crippen LogP contribution is 2.22. The molecule has 0 saturated carbocycles. The third-order valence-corrected chi connectivity index (χ3v) is 3.46. The van der Waals surface area contributed by atoms with Crippen LogP contribution in [0.15, 0.2) is 48.5 Å². The van der Waals surface area contributed by atoms with Gasteiger partial charge in [-0.3, -0.25) is 4.79 Å². The van der Waals surface area contributed by atoms with Crippen LogP contribution in [0.4, 0.5) is 4.39 Å². The molecule has 0 fully saturated rings. The summed E-state index contributed by atoms with van der Waals surface area (Å²) in [6.45, 7) is 0.767. The van der Waals surface area contributed by atoms with E-state index in [-0.39, 0.29) is 18.3 Å². The predicted octanol–water partition coefficient (Wildman–Crippen LogP) is 3.70. The van der Waals surface area contributed by atoms with Gasteiger partial charge in [-0.2, -0.15) is 0 Å². The van der Waals surface area contributed by atoms with Gasteiger partial charge in [0.15, 0.2) is 0 Å². The summed E-state index contributed by atoms with van der Waals surface area (Å²) in [5, 5.41) is 2.80. The van der Waals surface area contributed by atoms with Crippen molar-refractivity contribution in [2.45, 2.75) is 19.3 Å². The second-order valence-corrected chi connectivity index (χ2v) is 5.44. The quantitative estimate of drug-likeness (QED) is 0.713. The van der Waals surface area contributed by atoms with Crippen LogP contribution >= 0.6 is 0 Å². The first-order valence-electron chi connectivity index (χ1n) is 7.95. The second-order valence-electron chi connectivity index (χ2n) is 5.44. The largest absolute Gasteiger partial charge is 0.457 e. The van der Waals surface area contributed by atoms with E-state index in [1.807, 2.05) is 24.3 Å². The fourth-order valence-corrected chi connectivity index (χ4v) is 2.23. The van der Waals surface area contributed by atoms with Gasteiger partial charge in [-0.05, 0) is 61.2 Å². The number of ether oxygens (including phenoxy) is 2. The van der Waals surface area contributed by atoms with Crippen molar-refractivity contribution in [2.75, 3.05) is 20.3 Å². The molecule has 0 aliphatic rings. The third kappa shape index (κ3) is 6.38. The van der Waals surface area contributed by atoms with Crippen molar-refractivity contribution in [3.8, 4) is 11.5 Å². The third-order valence-electron chi connectivity index (χ3n) is 3.46. The highest BCUT2D eigenvalue weighted by molar-refractivity contribution is 5.77. The number of aryl methyl sites for hydroxylation is 1.